The molecule has 1 aromatic heterocycles. The zero-order chi connectivity index (χ0) is 13.5. The predicted molar refractivity (Wildman–Crippen MR) is 83.3 cm³/mol. The summed E-state index contributed by atoms with van der Waals surface area (Å²) in [6.45, 7) is 6.01. The number of anilines is 1. The van der Waals surface area contributed by atoms with Crippen LogP contribution in [0.3, 0.4) is 0 Å². The van der Waals surface area contributed by atoms with Gasteiger partial charge < -0.3 is 10.1 Å². The Morgan fingerprint density at radius 1 is 1.16 bits per heavy atom. The van der Waals surface area contributed by atoms with Gasteiger partial charge in [-0.2, -0.15) is 0 Å². The molecular formula is C16H21NOS. The molecule has 2 nitrogen and oxygen atoms in total. The highest BCUT2D eigenvalue weighted by Crippen LogP contribution is 2.24. The van der Waals surface area contributed by atoms with Gasteiger partial charge in [-0.1, -0.05) is 32.0 Å². The molecule has 0 aliphatic carbocycles. The summed E-state index contributed by atoms with van der Waals surface area (Å²) in [6, 6.07) is 12.4. The lowest BCUT2D eigenvalue weighted by Gasteiger charge is -2.14. The average molecular weight is 275 g/mol. The van der Waals surface area contributed by atoms with E-state index in [-0.39, 0.29) is 0 Å². The van der Waals surface area contributed by atoms with Gasteiger partial charge in [0.15, 0.2) is 0 Å². The zero-order valence-electron chi connectivity index (χ0n) is 11.6. The van der Waals surface area contributed by atoms with Crippen LogP contribution in [0, 0.1) is 5.92 Å². The first-order valence-corrected chi connectivity index (χ1v) is 7.62. The van der Waals surface area contributed by atoms with Crippen molar-refractivity contribution in [2.24, 2.45) is 5.92 Å². The molecule has 0 saturated heterocycles. The smallest absolute Gasteiger partial charge is 0.142 e. The third-order valence-electron chi connectivity index (χ3n) is 2.73. The van der Waals surface area contributed by atoms with Crippen LogP contribution in [0.2, 0.25) is 0 Å². The van der Waals surface area contributed by atoms with Crippen LogP contribution >= 0.6 is 11.3 Å². The van der Waals surface area contributed by atoms with Crippen LogP contribution in [-0.4, -0.2) is 13.2 Å². The van der Waals surface area contributed by atoms with Crippen molar-refractivity contribution in [3.05, 3.63) is 46.7 Å². The van der Waals surface area contributed by atoms with E-state index in [1.54, 1.807) is 11.3 Å². The summed E-state index contributed by atoms with van der Waals surface area (Å²) >= 11 is 1.81. The molecule has 0 radical (unpaired) electrons. The molecule has 0 bridgehead atoms. The Balaban J connectivity index is 1.88. The quantitative estimate of drug-likeness (QED) is 0.806. The monoisotopic (exact) mass is 275 g/mol. The minimum atomic E-state index is 0.541. The Morgan fingerprint density at radius 2 is 2.00 bits per heavy atom. The zero-order valence-corrected chi connectivity index (χ0v) is 12.4. The van der Waals surface area contributed by atoms with Crippen molar-refractivity contribution in [1.29, 1.82) is 0 Å². The van der Waals surface area contributed by atoms with Crippen LogP contribution in [0.4, 0.5) is 5.69 Å². The molecule has 102 valence electrons. The van der Waals surface area contributed by atoms with Gasteiger partial charge >= 0.3 is 0 Å². The topological polar surface area (TPSA) is 21.3 Å². The van der Waals surface area contributed by atoms with Crippen molar-refractivity contribution < 1.29 is 4.74 Å². The molecule has 0 fully saturated rings. The molecule has 0 unspecified atom stereocenters. The summed E-state index contributed by atoms with van der Waals surface area (Å²) in [5, 5.41) is 5.58. The number of hydrogen-bond donors (Lipinski definition) is 1. The highest BCUT2D eigenvalue weighted by atomic mass is 32.1. The van der Waals surface area contributed by atoms with Crippen molar-refractivity contribution in [2.75, 3.05) is 18.5 Å². The van der Waals surface area contributed by atoms with Gasteiger partial charge in [0.25, 0.3) is 0 Å². The Morgan fingerprint density at radius 3 is 2.74 bits per heavy atom. The summed E-state index contributed by atoms with van der Waals surface area (Å²) in [5.74, 6) is 1.49. The van der Waals surface area contributed by atoms with Gasteiger partial charge in [-0.15, -0.1) is 11.3 Å². The standard InChI is InChI=1S/C16H21NOS/c1-13(2)12-18-16-8-4-3-7-15(16)17-10-9-14-6-5-11-19-14/h3-8,11,13,17H,9-10,12H2,1-2H3. The summed E-state index contributed by atoms with van der Waals surface area (Å²) < 4.78 is 5.83. The average Bonchev–Trinajstić information content (AvgIpc) is 2.91. The molecule has 1 N–H and O–H groups in total. The van der Waals surface area contributed by atoms with Crippen molar-refractivity contribution in [3.8, 4) is 5.75 Å². The van der Waals surface area contributed by atoms with Gasteiger partial charge in [0.05, 0.1) is 12.3 Å². The lowest BCUT2D eigenvalue weighted by Crippen LogP contribution is -2.09. The number of rotatable bonds is 7. The van der Waals surface area contributed by atoms with Crippen LogP contribution in [0.5, 0.6) is 5.75 Å². The Kier molecular flexibility index (Phi) is 5.28. The van der Waals surface area contributed by atoms with Gasteiger partial charge in [0.1, 0.15) is 5.75 Å². The van der Waals surface area contributed by atoms with Crippen LogP contribution in [0.25, 0.3) is 0 Å². The maximum absolute atomic E-state index is 5.83. The first kappa shape index (κ1) is 13.9. The summed E-state index contributed by atoms with van der Waals surface area (Å²) in [4.78, 5) is 1.41. The van der Waals surface area contributed by atoms with E-state index >= 15 is 0 Å². The van der Waals surface area contributed by atoms with Crippen LogP contribution in [0.15, 0.2) is 41.8 Å². The molecular weight excluding hydrogens is 254 g/mol. The largest absolute Gasteiger partial charge is 0.491 e. The Labute approximate surface area is 119 Å². The van der Waals surface area contributed by atoms with E-state index in [1.807, 2.05) is 18.2 Å². The molecule has 0 aliphatic rings. The molecule has 0 amide bonds. The minimum Gasteiger partial charge on any atom is -0.491 e. The Bertz CT molecular complexity index is 479. The molecule has 1 heterocycles. The fraction of sp³-hybridized carbons (Fsp3) is 0.375. The highest BCUT2D eigenvalue weighted by molar-refractivity contribution is 7.09. The summed E-state index contributed by atoms with van der Waals surface area (Å²) in [7, 11) is 0. The third kappa shape index (κ3) is 4.60. The number of para-hydroxylation sites is 2. The molecule has 2 aromatic rings. The number of benzene rings is 1. The second kappa shape index (κ2) is 7.19. The fourth-order valence-electron chi connectivity index (χ4n) is 1.77. The van der Waals surface area contributed by atoms with Crippen molar-refractivity contribution >= 4 is 17.0 Å². The summed E-state index contributed by atoms with van der Waals surface area (Å²) in [5.41, 5.74) is 1.08. The molecule has 0 spiro atoms. The van der Waals surface area contributed by atoms with E-state index < -0.39 is 0 Å². The van der Waals surface area contributed by atoms with Gasteiger partial charge in [0.2, 0.25) is 0 Å². The molecule has 0 saturated carbocycles. The fourth-order valence-corrected chi connectivity index (χ4v) is 2.48. The van der Waals surface area contributed by atoms with E-state index in [0.717, 1.165) is 31.0 Å². The van der Waals surface area contributed by atoms with Crippen LogP contribution in [0.1, 0.15) is 18.7 Å². The van der Waals surface area contributed by atoms with Gasteiger partial charge in [-0.05, 0) is 35.9 Å². The molecule has 2 rings (SSSR count). The Hall–Kier alpha value is -1.48. The van der Waals surface area contributed by atoms with Crippen molar-refractivity contribution in [3.63, 3.8) is 0 Å². The van der Waals surface area contributed by atoms with E-state index in [4.69, 9.17) is 4.74 Å². The van der Waals surface area contributed by atoms with Crippen molar-refractivity contribution in [1.82, 2.24) is 0 Å². The number of nitrogens with one attached hydrogen (secondary N) is 1. The minimum absolute atomic E-state index is 0.541. The van der Waals surface area contributed by atoms with E-state index in [1.165, 1.54) is 4.88 Å². The maximum atomic E-state index is 5.83. The third-order valence-corrected chi connectivity index (χ3v) is 3.66. The van der Waals surface area contributed by atoms with Gasteiger partial charge in [-0.3, -0.25) is 0 Å². The van der Waals surface area contributed by atoms with E-state index in [2.05, 4.69) is 42.7 Å². The molecule has 3 heteroatoms. The van der Waals surface area contributed by atoms with Crippen molar-refractivity contribution in [2.45, 2.75) is 20.3 Å². The highest BCUT2D eigenvalue weighted by Gasteiger charge is 2.03. The van der Waals surface area contributed by atoms with E-state index in [9.17, 15) is 0 Å². The first-order chi connectivity index (χ1) is 9.25. The molecule has 1 aromatic carbocycles. The predicted octanol–water partition coefficient (Wildman–Crippen LogP) is 4.44. The number of ether oxygens (including phenoxy) is 1. The number of thiophene rings is 1. The van der Waals surface area contributed by atoms with Crippen LogP contribution in [-0.2, 0) is 6.42 Å². The lowest BCUT2D eigenvalue weighted by molar-refractivity contribution is 0.272. The maximum Gasteiger partial charge on any atom is 0.142 e. The molecule has 19 heavy (non-hydrogen) atoms. The van der Waals surface area contributed by atoms with E-state index in [0.29, 0.717) is 5.92 Å². The number of hydrogen-bond acceptors (Lipinski definition) is 3. The molecule has 0 atom stereocenters. The SMILES string of the molecule is CC(C)COc1ccccc1NCCc1cccs1. The molecule has 0 aliphatic heterocycles. The first-order valence-electron chi connectivity index (χ1n) is 6.74. The summed E-state index contributed by atoms with van der Waals surface area (Å²) in [6.07, 6.45) is 1.05. The second-order valence-corrected chi connectivity index (χ2v) is 5.99. The second-order valence-electron chi connectivity index (χ2n) is 4.96. The lowest BCUT2D eigenvalue weighted by atomic mass is 10.2. The van der Waals surface area contributed by atoms with Gasteiger partial charge in [0, 0.05) is 11.4 Å². The normalized spacial score (nSPS) is 10.7. The van der Waals surface area contributed by atoms with Gasteiger partial charge in [-0.25, -0.2) is 0 Å². The van der Waals surface area contributed by atoms with Crippen LogP contribution < -0.4 is 10.1 Å².